The van der Waals surface area contributed by atoms with Crippen molar-refractivity contribution in [1.82, 2.24) is 10.2 Å². The number of carbonyl (C=O) groups is 2. The summed E-state index contributed by atoms with van der Waals surface area (Å²) in [5.74, 6) is -0.927. The molecule has 0 aliphatic carbocycles. The maximum atomic E-state index is 13.5. The van der Waals surface area contributed by atoms with Gasteiger partial charge in [0.15, 0.2) is 0 Å². The van der Waals surface area contributed by atoms with Crippen LogP contribution >= 0.6 is 0 Å². The molecule has 1 aliphatic rings. The van der Waals surface area contributed by atoms with Crippen LogP contribution in [0.25, 0.3) is 0 Å². The number of aliphatic hydroxyl groups excluding tert-OH is 1. The lowest BCUT2D eigenvalue weighted by molar-refractivity contribution is -0.137. The number of hydrogen-bond acceptors (Lipinski definition) is 4. The average molecular weight is 324 g/mol. The highest BCUT2D eigenvalue weighted by Crippen LogP contribution is 2.18. The largest absolute Gasteiger partial charge is 0.391 e. The molecule has 0 bridgehead atoms. The van der Waals surface area contributed by atoms with Crippen LogP contribution in [-0.4, -0.2) is 47.6 Å². The van der Waals surface area contributed by atoms with Gasteiger partial charge in [0.05, 0.1) is 12.7 Å². The molecule has 126 valence electrons. The van der Waals surface area contributed by atoms with Crippen LogP contribution < -0.4 is 5.32 Å². The molecule has 1 saturated heterocycles. The smallest absolute Gasteiger partial charge is 0.243 e. The third-order valence-corrected chi connectivity index (χ3v) is 3.86. The number of benzene rings is 1. The molecule has 1 aromatic carbocycles. The van der Waals surface area contributed by atoms with Gasteiger partial charge in [-0.1, -0.05) is 6.07 Å². The molecule has 0 unspecified atom stereocenters. The normalized spacial score (nSPS) is 20.6. The standard InChI is InChI=1S/C16H21FN2O4/c1-10(20)19-8-13(21)6-15(19)16(22)18-7-11-3-4-14(17)12(5-11)9-23-2/h3-5,13,15,21H,6-9H2,1-2H3,(H,18,22)/t13-,15-/m1/s1. The van der Waals surface area contributed by atoms with Gasteiger partial charge in [0.2, 0.25) is 11.8 Å². The van der Waals surface area contributed by atoms with Crippen LogP contribution in [0.15, 0.2) is 18.2 Å². The molecule has 1 heterocycles. The molecule has 7 heteroatoms. The van der Waals surface area contributed by atoms with Gasteiger partial charge >= 0.3 is 0 Å². The second-order valence-corrected chi connectivity index (χ2v) is 5.65. The van der Waals surface area contributed by atoms with Crippen molar-refractivity contribution in [2.45, 2.75) is 38.6 Å². The minimum Gasteiger partial charge on any atom is -0.391 e. The van der Waals surface area contributed by atoms with E-state index in [4.69, 9.17) is 4.74 Å². The van der Waals surface area contributed by atoms with Gasteiger partial charge < -0.3 is 20.1 Å². The van der Waals surface area contributed by atoms with Crippen molar-refractivity contribution >= 4 is 11.8 Å². The van der Waals surface area contributed by atoms with Gasteiger partial charge in [-0.3, -0.25) is 9.59 Å². The predicted molar refractivity (Wildman–Crippen MR) is 80.8 cm³/mol. The van der Waals surface area contributed by atoms with E-state index in [1.54, 1.807) is 12.1 Å². The second kappa shape index (κ2) is 7.52. The molecule has 2 atom stereocenters. The van der Waals surface area contributed by atoms with Crippen molar-refractivity contribution in [3.63, 3.8) is 0 Å². The van der Waals surface area contributed by atoms with E-state index in [0.717, 1.165) is 5.56 Å². The van der Waals surface area contributed by atoms with Crippen LogP contribution in [0.1, 0.15) is 24.5 Å². The van der Waals surface area contributed by atoms with Gasteiger partial charge in [-0.15, -0.1) is 0 Å². The van der Waals surface area contributed by atoms with E-state index in [1.165, 1.54) is 25.0 Å². The van der Waals surface area contributed by atoms with Crippen LogP contribution in [0.3, 0.4) is 0 Å². The average Bonchev–Trinajstić information content (AvgIpc) is 2.90. The number of rotatable bonds is 5. The maximum Gasteiger partial charge on any atom is 0.243 e. The SMILES string of the molecule is COCc1cc(CNC(=O)[C@H]2C[C@@H](O)CN2C(C)=O)ccc1F. The molecule has 23 heavy (non-hydrogen) atoms. The summed E-state index contributed by atoms with van der Waals surface area (Å²) >= 11 is 0. The summed E-state index contributed by atoms with van der Waals surface area (Å²) in [6.07, 6.45) is -0.460. The number of amides is 2. The van der Waals surface area contributed by atoms with Crippen molar-refractivity contribution in [2.75, 3.05) is 13.7 Å². The number of β-amino-alcohol motifs (C(OH)–C–C–N with tert-alkyl or cyclic N) is 1. The van der Waals surface area contributed by atoms with E-state index in [1.807, 2.05) is 0 Å². The van der Waals surface area contributed by atoms with E-state index in [-0.39, 0.29) is 43.7 Å². The molecule has 0 saturated carbocycles. The first-order valence-corrected chi connectivity index (χ1v) is 7.41. The van der Waals surface area contributed by atoms with Crippen molar-refractivity contribution in [3.05, 3.63) is 35.1 Å². The first-order valence-electron chi connectivity index (χ1n) is 7.41. The van der Waals surface area contributed by atoms with Crippen molar-refractivity contribution in [2.24, 2.45) is 0 Å². The van der Waals surface area contributed by atoms with Crippen LogP contribution in [0.5, 0.6) is 0 Å². The van der Waals surface area contributed by atoms with E-state index < -0.39 is 12.1 Å². The highest BCUT2D eigenvalue weighted by atomic mass is 19.1. The van der Waals surface area contributed by atoms with Gasteiger partial charge in [-0.25, -0.2) is 4.39 Å². The summed E-state index contributed by atoms with van der Waals surface area (Å²) in [5, 5.41) is 12.4. The van der Waals surface area contributed by atoms with E-state index in [9.17, 15) is 19.1 Å². The molecular formula is C16H21FN2O4. The van der Waals surface area contributed by atoms with Gasteiger partial charge in [0.1, 0.15) is 11.9 Å². The fraction of sp³-hybridized carbons (Fsp3) is 0.500. The molecule has 0 spiro atoms. The van der Waals surface area contributed by atoms with E-state index in [2.05, 4.69) is 5.32 Å². The van der Waals surface area contributed by atoms with Gasteiger partial charge in [-0.2, -0.15) is 0 Å². The molecule has 2 amide bonds. The number of aliphatic hydroxyl groups is 1. The molecular weight excluding hydrogens is 303 g/mol. The summed E-state index contributed by atoms with van der Waals surface area (Å²) in [6.45, 7) is 1.91. The molecule has 0 radical (unpaired) electrons. The summed E-state index contributed by atoms with van der Waals surface area (Å²) in [6, 6.07) is 3.88. The number of carbonyl (C=O) groups excluding carboxylic acids is 2. The van der Waals surface area contributed by atoms with Crippen molar-refractivity contribution < 1.29 is 23.8 Å². The zero-order chi connectivity index (χ0) is 17.0. The quantitative estimate of drug-likeness (QED) is 0.830. The van der Waals surface area contributed by atoms with Gasteiger partial charge in [0, 0.05) is 39.1 Å². The van der Waals surface area contributed by atoms with Crippen LogP contribution in [-0.2, 0) is 27.5 Å². The van der Waals surface area contributed by atoms with Crippen LogP contribution in [0.2, 0.25) is 0 Å². The molecule has 6 nitrogen and oxygen atoms in total. The highest BCUT2D eigenvalue weighted by Gasteiger charge is 2.37. The number of methoxy groups -OCH3 is 1. The fourth-order valence-corrected chi connectivity index (χ4v) is 2.72. The Morgan fingerprint density at radius 1 is 1.48 bits per heavy atom. The van der Waals surface area contributed by atoms with Crippen LogP contribution in [0.4, 0.5) is 4.39 Å². The number of nitrogens with zero attached hydrogens (tertiary/aromatic N) is 1. The molecule has 1 fully saturated rings. The number of nitrogens with one attached hydrogen (secondary N) is 1. The Morgan fingerprint density at radius 3 is 2.87 bits per heavy atom. The lowest BCUT2D eigenvalue weighted by Gasteiger charge is -2.22. The summed E-state index contributed by atoms with van der Waals surface area (Å²) in [4.78, 5) is 25.1. The number of hydrogen-bond donors (Lipinski definition) is 2. The minimum absolute atomic E-state index is 0.153. The Balaban J connectivity index is 1.99. The summed E-state index contributed by atoms with van der Waals surface area (Å²) in [5.41, 5.74) is 1.15. The first-order chi connectivity index (χ1) is 10.9. The fourth-order valence-electron chi connectivity index (χ4n) is 2.72. The zero-order valence-corrected chi connectivity index (χ0v) is 13.2. The number of likely N-dealkylation sites (tertiary alicyclic amines) is 1. The minimum atomic E-state index is -0.686. The zero-order valence-electron chi connectivity index (χ0n) is 13.2. The number of ether oxygens (including phenoxy) is 1. The molecule has 1 aromatic rings. The Bertz CT molecular complexity index is 593. The highest BCUT2D eigenvalue weighted by molar-refractivity contribution is 5.87. The number of halogens is 1. The molecule has 0 aromatic heterocycles. The Morgan fingerprint density at radius 2 is 2.22 bits per heavy atom. The van der Waals surface area contributed by atoms with E-state index >= 15 is 0 Å². The lowest BCUT2D eigenvalue weighted by atomic mass is 10.1. The van der Waals surface area contributed by atoms with E-state index in [0.29, 0.717) is 5.56 Å². The topological polar surface area (TPSA) is 78.9 Å². The van der Waals surface area contributed by atoms with Crippen molar-refractivity contribution in [3.8, 4) is 0 Å². The summed E-state index contributed by atoms with van der Waals surface area (Å²) < 4.78 is 18.5. The second-order valence-electron chi connectivity index (χ2n) is 5.65. The Labute approximate surface area is 134 Å². The molecule has 2 N–H and O–H groups in total. The Kier molecular flexibility index (Phi) is 5.68. The van der Waals surface area contributed by atoms with Gasteiger partial charge in [-0.05, 0) is 17.7 Å². The molecule has 1 aliphatic heterocycles. The lowest BCUT2D eigenvalue weighted by Crippen LogP contribution is -2.44. The monoisotopic (exact) mass is 324 g/mol. The first kappa shape index (κ1) is 17.4. The maximum absolute atomic E-state index is 13.5. The Hall–Kier alpha value is -1.99. The van der Waals surface area contributed by atoms with Crippen molar-refractivity contribution in [1.29, 1.82) is 0 Å². The van der Waals surface area contributed by atoms with Gasteiger partial charge in [0.25, 0.3) is 0 Å². The molecule has 2 rings (SSSR count). The van der Waals surface area contributed by atoms with Crippen LogP contribution in [0, 0.1) is 5.82 Å². The third kappa shape index (κ3) is 4.27. The predicted octanol–water partition coefficient (Wildman–Crippen LogP) is 0.570. The third-order valence-electron chi connectivity index (χ3n) is 3.86. The summed E-state index contributed by atoms with van der Waals surface area (Å²) in [7, 11) is 1.48.